The average molecular weight is 433 g/mol. The topological polar surface area (TPSA) is 90.0 Å². The summed E-state index contributed by atoms with van der Waals surface area (Å²) in [7, 11) is 0. The lowest BCUT2D eigenvalue weighted by molar-refractivity contribution is -0.113. The van der Waals surface area contributed by atoms with Crippen molar-refractivity contribution in [1.82, 2.24) is 14.7 Å². The number of aryl methyl sites for hydroxylation is 2. The van der Waals surface area contributed by atoms with Crippen LogP contribution < -0.4 is 10.9 Å². The maximum Gasteiger partial charge on any atom is 0.272 e. The van der Waals surface area contributed by atoms with Gasteiger partial charge in [-0.05, 0) is 36.2 Å². The molecule has 0 fully saturated rings. The fourth-order valence-corrected chi connectivity index (χ4v) is 4.94. The number of nitrogens with zero attached hydrogens (tertiary/aromatic N) is 3. The predicted molar refractivity (Wildman–Crippen MR) is 112 cm³/mol. The third kappa shape index (κ3) is 4.18. The van der Waals surface area contributed by atoms with Crippen LogP contribution in [0.1, 0.15) is 10.6 Å². The monoisotopic (exact) mass is 432 g/mol. The molecule has 0 unspecified atom stereocenters. The van der Waals surface area contributed by atoms with Gasteiger partial charge in [-0.2, -0.15) is 0 Å². The molecule has 0 bridgehead atoms. The highest BCUT2D eigenvalue weighted by atomic mass is 32.2. The zero-order valence-corrected chi connectivity index (χ0v) is 17.3. The first-order chi connectivity index (χ1) is 13.6. The number of thiophene rings is 2. The van der Waals surface area contributed by atoms with Gasteiger partial charge in [0, 0.05) is 17.5 Å². The molecule has 1 amide bonds. The number of rotatable bonds is 7. The molecule has 28 heavy (non-hydrogen) atoms. The van der Waals surface area contributed by atoms with Crippen LogP contribution in [0.5, 0.6) is 0 Å². The molecule has 7 nitrogen and oxygen atoms in total. The van der Waals surface area contributed by atoms with Gasteiger partial charge in [0.05, 0.1) is 11.3 Å². The second-order valence-electron chi connectivity index (χ2n) is 5.98. The fraction of sp³-hybridized carbons (Fsp3) is 0.222. The Labute approximate surface area is 172 Å². The van der Waals surface area contributed by atoms with Gasteiger partial charge >= 0.3 is 0 Å². The molecule has 0 aromatic carbocycles. The molecule has 0 aliphatic carbocycles. The molecule has 0 spiro atoms. The zero-order chi connectivity index (χ0) is 19.5. The summed E-state index contributed by atoms with van der Waals surface area (Å²) in [5, 5.41) is 10.8. The van der Waals surface area contributed by atoms with E-state index < -0.39 is 0 Å². The number of aromatic nitrogens is 3. The van der Waals surface area contributed by atoms with Crippen molar-refractivity contribution in [3.05, 3.63) is 56.0 Å². The van der Waals surface area contributed by atoms with E-state index in [1.807, 2.05) is 29.0 Å². The number of hydrogen-bond donors (Lipinski definition) is 1. The first-order valence-electron chi connectivity index (χ1n) is 8.46. The van der Waals surface area contributed by atoms with E-state index in [4.69, 9.17) is 4.52 Å². The maximum atomic E-state index is 12.9. The van der Waals surface area contributed by atoms with Gasteiger partial charge in [0.15, 0.2) is 11.0 Å². The number of amides is 1. The van der Waals surface area contributed by atoms with E-state index in [-0.39, 0.29) is 17.2 Å². The summed E-state index contributed by atoms with van der Waals surface area (Å²) in [6.45, 7) is 2.27. The number of anilines is 1. The van der Waals surface area contributed by atoms with Crippen molar-refractivity contribution in [3.8, 4) is 0 Å². The van der Waals surface area contributed by atoms with Gasteiger partial charge in [0.1, 0.15) is 10.5 Å². The second kappa shape index (κ2) is 8.29. The molecule has 144 valence electrons. The van der Waals surface area contributed by atoms with Gasteiger partial charge in [-0.1, -0.05) is 23.0 Å². The highest BCUT2D eigenvalue weighted by Crippen LogP contribution is 2.22. The summed E-state index contributed by atoms with van der Waals surface area (Å²) in [6, 6.07) is 7.52. The van der Waals surface area contributed by atoms with Gasteiger partial charge < -0.3 is 9.84 Å². The van der Waals surface area contributed by atoms with Crippen molar-refractivity contribution < 1.29 is 9.32 Å². The summed E-state index contributed by atoms with van der Waals surface area (Å²) in [4.78, 5) is 30.9. The minimum absolute atomic E-state index is 0.0633. The Morgan fingerprint density at radius 1 is 1.32 bits per heavy atom. The Balaban J connectivity index is 1.53. The summed E-state index contributed by atoms with van der Waals surface area (Å²) < 4.78 is 7.24. The molecule has 1 N–H and O–H groups in total. The van der Waals surface area contributed by atoms with Crippen LogP contribution in [0.25, 0.3) is 10.2 Å². The molecule has 4 aromatic heterocycles. The van der Waals surface area contributed by atoms with Crippen molar-refractivity contribution in [1.29, 1.82) is 0 Å². The van der Waals surface area contributed by atoms with E-state index in [1.165, 1.54) is 28.0 Å². The molecule has 0 atom stereocenters. The molecular weight excluding hydrogens is 416 g/mol. The Hall–Kier alpha value is -2.43. The normalized spacial score (nSPS) is 11.2. The van der Waals surface area contributed by atoms with Crippen molar-refractivity contribution >= 4 is 56.4 Å². The third-order valence-electron chi connectivity index (χ3n) is 3.92. The lowest BCUT2D eigenvalue weighted by Gasteiger charge is -2.11. The van der Waals surface area contributed by atoms with Crippen LogP contribution in [0.15, 0.2) is 49.5 Å². The smallest absolute Gasteiger partial charge is 0.272 e. The van der Waals surface area contributed by atoms with Gasteiger partial charge in [-0.25, -0.2) is 4.98 Å². The van der Waals surface area contributed by atoms with Crippen LogP contribution >= 0.6 is 34.4 Å². The molecule has 4 heterocycles. The summed E-state index contributed by atoms with van der Waals surface area (Å²) >= 11 is 4.29. The number of thioether (sulfide) groups is 1. The SMILES string of the molecule is Cc1cc(NC(=O)CSc2nc3ccsc3c(=O)n2CCc2cccs2)no1. The maximum absolute atomic E-state index is 12.9. The minimum atomic E-state index is -0.234. The van der Waals surface area contributed by atoms with E-state index in [0.717, 1.165) is 6.42 Å². The van der Waals surface area contributed by atoms with E-state index in [1.54, 1.807) is 28.9 Å². The van der Waals surface area contributed by atoms with Crippen molar-refractivity contribution in [2.45, 2.75) is 25.0 Å². The van der Waals surface area contributed by atoms with E-state index in [2.05, 4.69) is 15.5 Å². The summed E-state index contributed by atoms with van der Waals surface area (Å²) in [5.74, 6) is 0.879. The van der Waals surface area contributed by atoms with Crippen LogP contribution in [-0.4, -0.2) is 26.4 Å². The second-order valence-corrected chi connectivity index (χ2v) is 8.87. The fourth-order valence-electron chi connectivity index (χ4n) is 2.64. The number of fused-ring (bicyclic) bond motifs is 1. The average Bonchev–Trinajstić information content (AvgIpc) is 3.41. The third-order valence-corrected chi connectivity index (χ3v) is 6.72. The summed E-state index contributed by atoms with van der Waals surface area (Å²) in [6.07, 6.45) is 0.744. The van der Waals surface area contributed by atoms with Gasteiger partial charge in [-0.15, -0.1) is 22.7 Å². The van der Waals surface area contributed by atoms with E-state index in [0.29, 0.717) is 33.5 Å². The number of carbonyl (C=O) groups is 1. The molecule has 4 rings (SSSR count). The van der Waals surface area contributed by atoms with Crippen LogP contribution in [0.2, 0.25) is 0 Å². The molecular formula is C18H16N4O3S3. The highest BCUT2D eigenvalue weighted by Gasteiger charge is 2.15. The Kier molecular flexibility index (Phi) is 5.60. The molecule has 10 heteroatoms. The van der Waals surface area contributed by atoms with E-state index >= 15 is 0 Å². The summed E-state index contributed by atoms with van der Waals surface area (Å²) in [5.41, 5.74) is 0.601. The molecule has 0 saturated heterocycles. The zero-order valence-electron chi connectivity index (χ0n) is 14.9. The number of nitrogens with one attached hydrogen (secondary N) is 1. The first kappa shape index (κ1) is 18.9. The molecule has 4 aromatic rings. The lowest BCUT2D eigenvalue weighted by atomic mass is 10.3. The van der Waals surface area contributed by atoms with Crippen molar-refractivity contribution in [2.24, 2.45) is 0 Å². The Bertz CT molecular complexity index is 1160. The Morgan fingerprint density at radius 3 is 2.96 bits per heavy atom. The molecule has 0 aliphatic heterocycles. The first-order valence-corrected chi connectivity index (χ1v) is 11.2. The predicted octanol–water partition coefficient (Wildman–Crippen LogP) is 3.79. The molecule has 0 radical (unpaired) electrons. The lowest BCUT2D eigenvalue weighted by Crippen LogP contribution is -2.24. The van der Waals surface area contributed by atoms with Crippen molar-refractivity contribution in [3.63, 3.8) is 0 Å². The molecule has 0 aliphatic rings. The van der Waals surface area contributed by atoms with Gasteiger partial charge in [-0.3, -0.25) is 14.2 Å². The largest absolute Gasteiger partial charge is 0.360 e. The van der Waals surface area contributed by atoms with E-state index in [9.17, 15) is 9.59 Å². The molecule has 0 saturated carbocycles. The van der Waals surface area contributed by atoms with Crippen LogP contribution in [0.3, 0.4) is 0 Å². The van der Waals surface area contributed by atoms with Crippen LogP contribution in [0, 0.1) is 6.92 Å². The number of carbonyl (C=O) groups excluding carboxylic acids is 1. The van der Waals surface area contributed by atoms with Crippen molar-refractivity contribution in [2.75, 3.05) is 11.1 Å². The standard InChI is InChI=1S/C18H16N4O3S3/c1-11-9-14(21-25-11)20-15(23)10-28-18-19-13-5-8-27-16(13)17(24)22(18)6-4-12-3-2-7-26-12/h2-3,5,7-9H,4,6,10H2,1H3,(H,20,21,23). The highest BCUT2D eigenvalue weighted by molar-refractivity contribution is 7.99. The van der Waals surface area contributed by atoms with Crippen LogP contribution in [-0.2, 0) is 17.8 Å². The van der Waals surface area contributed by atoms with Gasteiger partial charge in [0.25, 0.3) is 5.56 Å². The number of hydrogen-bond acceptors (Lipinski definition) is 8. The Morgan fingerprint density at radius 2 is 2.21 bits per heavy atom. The van der Waals surface area contributed by atoms with Gasteiger partial charge in [0.2, 0.25) is 5.91 Å². The quantitative estimate of drug-likeness (QED) is 0.353. The minimum Gasteiger partial charge on any atom is -0.360 e. The van der Waals surface area contributed by atoms with Crippen LogP contribution in [0.4, 0.5) is 5.82 Å².